The Morgan fingerprint density at radius 3 is 2.55 bits per heavy atom. The van der Waals surface area contributed by atoms with Gasteiger partial charge in [-0.1, -0.05) is 0 Å². The third kappa shape index (κ3) is 4.32. The Balaban J connectivity index is 2.14. The first-order valence-electron chi connectivity index (χ1n) is 9.00. The van der Waals surface area contributed by atoms with E-state index in [4.69, 9.17) is 10.5 Å². The number of methoxy groups -OCH3 is 1. The summed E-state index contributed by atoms with van der Waals surface area (Å²) in [7, 11) is 1.42. The molecule has 2 aromatic rings. The van der Waals surface area contributed by atoms with Crippen molar-refractivity contribution in [2.75, 3.05) is 26.8 Å². The Hall–Kier alpha value is -2.34. The number of aliphatic imine (C=N–C) groups is 1. The fourth-order valence-corrected chi connectivity index (χ4v) is 4.57. The van der Waals surface area contributed by atoms with E-state index < -0.39 is 30.4 Å². The van der Waals surface area contributed by atoms with Gasteiger partial charge in [-0.15, -0.1) is 11.3 Å². The Labute approximate surface area is 168 Å². The molecule has 0 saturated carbocycles. The van der Waals surface area contributed by atoms with Crippen molar-refractivity contribution in [3.63, 3.8) is 0 Å². The molecular weight excluding hydrogens is 411 g/mol. The maximum absolute atomic E-state index is 13.0. The van der Waals surface area contributed by atoms with Crippen molar-refractivity contribution < 1.29 is 17.9 Å². The van der Waals surface area contributed by atoms with E-state index in [9.17, 15) is 22.8 Å². The molecule has 29 heavy (non-hydrogen) atoms. The molecule has 0 amide bonds. The molecule has 1 aliphatic rings. The van der Waals surface area contributed by atoms with E-state index in [2.05, 4.69) is 4.99 Å². The summed E-state index contributed by atoms with van der Waals surface area (Å²) >= 11 is 1.15. The van der Waals surface area contributed by atoms with Gasteiger partial charge < -0.3 is 15.4 Å². The molecule has 0 spiro atoms. The van der Waals surface area contributed by atoms with Crippen LogP contribution < -0.4 is 17.0 Å². The Kier molecular flexibility index (Phi) is 6.03. The van der Waals surface area contributed by atoms with Gasteiger partial charge in [0.05, 0.1) is 38.0 Å². The number of aromatic nitrogens is 2. The van der Waals surface area contributed by atoms with E-state index in [0.717, 1.165) is 25.3 Å². The summed E-state index contributed by atoms with van der Waals surface area (Å²) in [6, 6.07) is 0. The maximum Gasteiger partial charge on any atom is 0.390 e. The molecule has 0 radical (unpaired) electrons. The van der Waals surface area contributed by atoms with Gasteiger partial charge in [-0.2, -0.15) is 13.2 Å². The monoisotopic (exact) mass is 433 g/mol. The number of guanidine groups is 1. The summed E-state index contributed by atoms with van der Waals surface area (Å²) in [5.41, 5.74) is 5.21. The third-order valence-corrected chi connectivity index (χ3v) is 6.13. The average molecular weight is 433 g/mol. The van der Waals surface area contributed by atoms with Gasteiger partial charge in [-0.05, 0) is 12.5 Å². The minimum atomic E-state index is -4.42. The van der Waals surface area contributed by atoms with Gasteiger partial charge in [-0.3, -0.25) is 18.9 Å². The highest BCUT2D eigenvalue weighted by atomic mass is 32.1. The highest BCUT2D eigenvalue weighted by Gasteiger charge is 2.29. The second kappa shape index (κ2) is 8.19. The van der Waals surface area contributed by atoms with Gasteiger partial charge in [0.2, 0.25) is 0 Å². The van der Waals surface area contributed by atoms with Gasteiger partial charge in [-0.25, -0.2) is 4.79 Å². The molecule has 12 heteroatoms. The summed E-state index contributed by atoms with van der Waals surface area (Å²) in [6.07, 6.45) is -5.59. The molecule has 1 aliphatic heterocycles. The number of nitrogens with two attached hydrogens (primary N) is 1. The quantitative estimate of drug-likeness (QED) is 0.710. The van der Waals surface area contributed by atoms with E-state index >= 15 is 0 Å². The van der Waals surface area contributed by atoms with E-state index in [1.54, 1.807) is 6.92 Å². The number of rotatable bonds is 7. The predicted octanol–water partition coefficient (Wildman–Crippen LogP) is 1.26. The minimum Gasteiger partial charge on any atom is -0.383 e. The van der Waals surface area contributed by atoms with E-state index in [-0.39, 0.29) is 23.4 Å². The zero-order valence-electron chi connectivity index (χ0n) is 16.1. The lowest BCUT2D eigenvalue weighted by Gasteiger charge is -2.16. The topological polar surface area (TPSA) is 94.8 Å². The molecule has 0 aliphatic carbocycles. The van der Waals surface area contributed by atoms with Gasteiger partial charge >= 0.3 is 11.9 Å². The molecule has 160 valence electrons. The lowest BCUT2D eigenvalue weighted by atomic mass is 10.2. The summed E-state index contributed by atoms with van der Waals surface area (Å²) in [6.45, 7) is 2.81. The third-order valence-electron chi connectivity index (χ3n) is 4.83. The predicted molar refractivity (Wildman–Crippen MR) is 105 cm³/mol. The molecule has 2 N–H and O–H groups in total. The normalized spacial score (nSPS) is 14.8. The number of aryl methyl sites for hydroxylation is 2. The number of nitrogens with zero attached hydrogens (tertiary/aromatic N) is 4. The fourth-order valence-electron chi connectivity index (χ4n) is 3.24. The summed E-state index contributed by atoms with van der Waals surface area (Å²) in [5, 5.41) is 0.262. The zero-order valence-corrected chi connectivity index (χ0v) is 16.9. The van der Waals surface area contributed by atoms with Crippen molar-refractivity contribution in [1.29, 1.82) is 0 Å². The Morgan fingerprint density at radius 1 is 1.24 bits per heavy atom. The fraction of sp³-hybridized carbons (Fsp3) is 0.588. The van der Waals surface area contributed by atoms with Crippen LogP contribution in [-0.4, -0.2) is 53.0 Å². The standard InChI is InChI=1S/C17H22F3N5O3S/c1-10-11(9-23-6-4-22-15(23)21)29-14-12(10)13(26)24(7-8-28-2)16(27)25(14)5-3-17(18,19)20/h3-9H2,1-2H3,(H2,21,22). The molecule has 0 bridgehead atoms. The number of hydrogen-bond donors (Lipinski definition) is 1. The first-order valence-corrected chi connectivity index (χ1v) is 9.82. The van der Waals surface area contributed by atoms with Crippen molar-refractivity contribution in [2.24, 2.45) is 10.7 Å². The van der Waals surface area contributed by atoms with E-state index in [0.29, 0.717) is 31.2 Å². The lowest BCUT2D eigenvalue weighted by Crippen LogP contribution is -2.41. The highest BCUT2D eigenvalue weighted by molar-refractivity contribution is 7.18. The molecule has 3 rings (SSSR count). The van der Waals surface area contributed by atoms with E-state index in [1.807, 2.05) is 4.90 Å². The number of halogens is 3. The lowest BCUT2D eigenvalue weighted by molar-refractivity contribution is -0.136. The number of alkyl halides is 3. The smallest absolute Gasteiger partial charge is 0.383 e. The van der Waals surface area contributed by atoms with Crippen molar-refractivity contribution in [2.45, 2.75) is 39.2 Å². The maximum atomic E-state index is 13.0. The first kappa shape index (κ1) is 21.4. The molecule has 0 atom stereocenters. The second-order valence-corrected chi connectivity index (χ2v) is 7.82. The molecule has 0 aromatic carbocycles. The van der Waals surface area contributed by atoms with Crippen LogP contribution in [0, 0.1) is 6.92 Å². The van der Waals surface area contributed by atoms with Crippen molar-refractivity contribution in [1.82, 2.24) is 14.0 Å². The first-order chi connectivity index (χ1) is 13.6. The van der Waals surface area contributed by atoms with Crippen LogP contribution in [0.25, 0.3) is 10.2 Å². The van der Waals surface area contributed by atoms with Crippen LogP contribution in [0.1, 0.15) is 16.9 Å². The minimum absolute atomic E-state index is 0.0352. The van der Waals surface area contributed by atoms with Crippen LogP contribution in [0.15, 0.2) is 14.6 Å². The summed E-state index contributed by atoms with van der Waals surface area (Å²) in [5.74, 6) is 0.383. The van der Waals surface area contributed by atoms with Crippen LogP contribution in [0.4, 0.5) is 13.2 Å². The highest BCUT2D eigenvalue weighted by Crippen LogP contribution is 2.30. The SMILES string of the molecule is COCCn1c(=O)c2c(C)c(CN3CCN=C3N)sc2n(CCC(F)(F)F)c1=O. The van der Waals surface area contributed by atoms with Crippen molar-refractivity contribution in [3.8, 4) is 0 Å². The molecule has 0 unspecified atom stereocenters. The summed E-state index contributed by atoms with van der Waals surface area (Å²) in [4.78, 5) is 32.7. The Bertz CT molecular complexity index is 1050. The van der Waals surface area contributed by atoms with Gasteiger partial charge in [0.15, 0.2) is 5.96 Å². The van der Waals surface area contributed by atoms with Crippen LogP contribution >= 0.6 is 11.3 Å². The molecule has 3 heterocycles. The zero-order chi connectivity index (χ0) is 21.3. The molecular formula is C17H22F3N5O3S. The number of hydrogen-bond acceptors (Lipinski definition) is 7. The second-order valence-electron chi connectivity index (χ2n) is 6.74. The number of ether oxygens (including phenoxy) is 1. The van der Waals surface area contributed by atoms with Crippen LogP contribution in [-0.2, 0) is 24.4 Å². The van der Waals surface area contributed by atoms with Crippen LogP contribution in [0.5, 0.6) is 0 Å². The van der Waals surface area contributed by atoms with Gasteiger partial charge in [0.25, 0.3) is 5.56 Å². The van der Waals surface area contributed by atoms with E-state index in [1.165, 1.54) is 7.11 Å². The van der Waals surface area contributed by atoms with Gasteiger partial charge in [0, 0.05) is 25.1 Å². The number of thiophene rings is 1. The van der Waals surface area contributed by atoms with Crippen LogP contribution in [0.3, 0.4) is 0 Å². The molecule has 8 nitrogen and oxygen atoms in total. The molecule has 0 saturated heterocycles. The van der Waals surface area contributed by atoms with Crippen molar-refractivity contribution >= 4 is 27.5 Å². The van der Waals surface area contributed by atoms with Crippen molar-refractivity contribution in [3.05, 3.63) is 31.3 Å². The largest absolute Gasteiger partial charge is 0.390 e. The Morgan fingerprint density at radius 2 is 1.97 bits per heavy atom. The summed E-state index contributed by atoms with van der Waals surface area (Å²) < 4.78 is 45.4. The van der Waals surface area contributed by atoms with Gasteiger partial charge in [0.1, 0.15) is 4.83 Å². The number of fused-ring (bicyclic) bond motifs is 1. The molecule has 0 fully saturated rings. The molecule has 2 aromatic heterocycles. The average Bonchev–Trinajstić information content (AvgIpc) is 3.18. The van der Waals surface area contributed by atoms with Crippen LogP contribution in [0.2, 0.25) is 0 Å².